The van der Waals surface area contributed by atoms with Crippen LogP contribution in [0.5, 0.6) is 5.75 Å². The van der Waals surface area contributed by atoms with Gasteiger partial charge in [-0.3, -0.25) is 0 Å². The van der Waals surface area contributed by atoms with Crippen LogP contribution in [0.25, 0.3) is 0 Å². The Kier molecular flexibility index (Phi) is 3.72. The smallest absolute Gasteiger partial charge is 0.181 e. The minimum atomic E-state index is 0.776. The van der Waals surface area contributed by atoms with E-state index in [1.165, 1.54) is 6.40 Å². The second kappa shape index (κ2) is 5.47. The maximum Gasteiger partial charge on any atom is 0.181 e. The van der Waals surface area contributed by atoms with E-state index >= 15 is 0 Å². The molecule has 80 valence electrons. The largest absolute Gasteiger partial charge is 0.446 e. The van der Waals surface area contributed by atoms with E-state index in [-0.39, 0.29) is 0 Å². The fourth-order valence-electron chi connectivity index (χ4n) is 1.20. The highest BCUT2D eigenvalue weighted by atomic mass is 79.9. The van der Waals surface area contributed by atoms with Crippen LogP contribution in [0, 0.1) is 0 Å². The van der Waals surface area contributed by atoms with Crippen molar-refractivity contribution in [2.45, 2.75) is 0 Å². The molecule has 0 aliphatic rings. The molecule has 0 spiro atoms. The zero-order chi connectivity index (χ0) is 11.2. The first kappa shape index (κ1) is 10.9. The molecule has 0 atom stereocenters. The first-order chi connectivity index (χ1) is 7.86. The number of para-hydroxylation sites is 2. The molecule has 0 aliphatic carbocycles. The van der Waals surface area contributed by atoms with Crippen molar-refractivity contribution in [1.29, 1.82) is 0 Å². The van der Waals surface area contributed by atoms with Gasteiger partial charge in [0.1, 0.15) is 5.75 Å². The van der Waals surface area contributed by atoms with Crippen molar-refractivity contribution in [1.82, 2.24) is 0 Å². The minimum Gasteiger partial charge on any atom is -0.446 e. The molecule has 0 unspecified atom stereocenters. The number of ether oxygens (including phenoxy) is 1. The Morgan fingerprint density at radius 1 is 0.938 bits per heavy atom. The Balaban J connectivity index is 2.03. The van der Waals surface area contributed by atoms with Gasteiger partial charge in [0.2, 0.25) is 0 Å². The van der Waals surface area contributed by atoms with Crippen molar-refractivity contribution in [3.05, 3.63) is 59.1 Å². The maximum atomic E-state index is 5.35. The minimum absolute atomic E-state index is 0.776. The molecule has 0 aliphatic heterocycles. The van der Waals surface area contributed by atoms with Crippen LogP contribution in [-0.2, 0) is 0 Å². The van der Waals surface area contributed by atoms with Crippen molar-refractivity contribution in [3.63, 3.8) is 0 Å². The van der Waals surface area contributed by atoms with E-state index in [0.29, 0.717) is 0 Å². The molecule has 0 aromatic heterocycles. The zero-order valence-corrected chi connectivity index (χ0v) is 10.1. The van der Waals surface area contributed by atoms with Crippen LogP contribution in [0.15, 0.2) is 64.1 Å². The van der Waals surface area contributed by atoms with E-state index in [0.717, 1.165) is 15.9 Å². The summed E-state index contributed by atoms with van der Waals surface area (Å²) in [5.41, 5.74) is 0.846. The SMILES string of the molecule is Brc1ccccc1N=COc1ccccc1. The molecule has 0 saturated heterocycles. The molecule has 0 bridgehead atoms. The number of hydrogen-bond donors (Lipinski definition) is 0. The molecule has 2 rings (SSSR count). The summed E-state index contributed by atoms with van der Waals surface area (Å²) < 4.78 is 6.30. The van der Waals surface area contributed by atoms with Crippen molar-refractivity contribution in [3.8, 4) is 5.75 Å². The molecule has 0 saturated carbocycles. The van der Waals surface area contributed by atoms with Gasteiger partial charge in [-0.1, -0.05) is 30.3 Å². The number of rotatable bonds is 3. The summed E-state index contributed by atoms with van der Waals surface area (Å²) in [6.07, 6.45) is 1.44. The highest BCUT2D eigenvalue weighted by Crippen LogP contribution is 2.23. The molecule has 3 heteroatoms. The summed E-state index contributed by atoms with van der Waals surface area (Å²) in [5.74, 6) is 0.776. The number of nitrogens with zero attached hydrogens (tertiary/aromatic N) is 1. The van der Waals surface area contributed by atoms with Crippen molar-refractivity contribution in [2.75, 3.05) is 0 Å². The van der Waals surface area contributed by atoms with Crippen LogP contribution in [0.1, 0.15) is 0 Å². The van der Waals surface area contributed by atoms with Gasteiger partial charge in [0.05, 0.1) is 5.69 Å². The van der Waals surface area contributed by atoms with Crippen LogP contribution < -0.4 is 4.74 Å². The number of hydrogen-bond acceptors (Lipinski definition) is 2. The van der Waals surface area contributed by atoms with E-state index in [1.54, 1.807) is 0 Å². The molecule has 0 fully saturated rings. The van der Waals surface area contributed by atoms with Crippen molar-refractivity contribution < 1.29 is 4.74 Å². The van der Waals surface area contributed by atoms with Gasteiger partial charge >= 0.3 is 0 Å². The molecule has 16 heavy (non-hydrogen) atoms. The Hall–Kier alpha value is -1.61. The van der Waals surface area contributed by atoms with Gasteiger partial charge < -0.3 is 4.74 Å². The topological polar surface area (TPSA) is 21.6 Å². The van der Waals surface area contributed by atoms with Gasteiger partial charge in [-0.15, -0.1) is 0 Å². The molecule has 2 nitrogen and oxygen atoms in total. The van der Waals surface area contributed by atoms with Gasteiger partial charge in [0.25, 0.3) is 0 Å². The van der Waals surface area contributed by atoms with E-state index in [2.05, 4.69) is 20.9 Å². The highest BCUT2D eigenvalue weighted by molar-refractivity contribution is 9.10. The van der Waals surface area contributed by atoms with E-state index < -0.39 is 0 Å². The zero-order valence-electron chi connectivity index (χ0n) is 8.51. The first-order valence-electron chi connectivity index (χ1n) is 4.85. The summed E-state index contributed by atoms with van der Waals surface area (Å²) >= 11 is 3.41. The molecular weight excluding hydrogens is 266 g/mol. The average molecular weight is 276 g/mol. The average Bonchev–Trinajstić information content (AvgIpc) is 2.33. The number of aliphatic imine (C=N–C) groups is 1. The third-order valence-electron chi connectivity index (χ3n) is 1.98. The third kappa shape index (κ3) is 2.94. The normalized spacial score (nSPS) is 10.6. The summed E-state index contributed by atoms with van der Waals surface area (Å²) in [6.45, 7) is 0. The van der Waals surface area contributed by atoms with Crippen molar-refractivity contribution in [2.24, 2.45) is 4.99 Å². The Morgan fingerprint density at radius 3 is 2.38 bits per heavy atom. The fraction of sp³-hybridized carbons (Fsp3) is 0. The lowest BCUT2D eigenvalue weighted by Gasteiger charge is -1.99. The van der Waals surface area contributed by atoms with Gasteiger partial charge in [-0.2, -0.15) is 0 Å². The standard InChI is InChI=1S/C13H10BrNO/c14-12-8-4-5-9-13(12)15-10-16-11-6-2-1-3-7-11/h1-10H. The van der Waals surface area contributed by atoms with Crippen LogP contribution >= 0.6 is 15.9 Å². The summed E-state index contributed by atoms with van der Waals surface area (Å²) in [7, 11) is 0. The molecular formula is C13H10BrNO. The van der Waals surface area contributed by atoms with Gasteiger partial charge in [0, 0.05) is 4.47 Å². The monoisotopic (exact) mass is 275 g/mol. The summed E-state index contributed by atoms with van der Waals surface area (Å²) in [6, 6.07) is 17.3. The Morgan fingerprint density at radius 2 is 1.62 bits per heavy atom. The van der Waals surface area contributed by atoms with Crippen LogP contribution in [0.3, 0.4) is 0 Å². The molecule has 2 aromatic carbocycles. The van der Waals surface area contributed by atoms with E-state index in [1.807, 2.05) is 54.6 Å². The molecule has 0 heterocycles. The van der Waals surface area contributed by atoms with Crippen LogP contribution in [0.2, 0.25) is 0 Å². The van der Waals surface area contributed by atoms with E-state index in [9.17, 15) is 0 Å². The van der Waals surface area contributed by atoms with Gasteiger partial charge in [0.15, 0.2) is 6.40 Å². The lowest BCUT2D eigenvalue weighted by molar-refractivity contribution is 0.574. The molecule has 0 N–H and O–H groups in total. The number of benzene rings is 2. The lowest BCUT2D eigenvalue weighted by atomic mass is 10.3. The summed E-state index contributed by atoms with van der Waals surface area (Å²) in [5, 5.41) is 0. The number of halogens is 1. The first-order valence-corrected chi connectivity index (χ1v) is 5.64. The second-order valence-electron chi connectivity index (χ2n) is 3.12. The molecule has 0 radical (unpaired) electrons. The predicted molar refractivity (Wildman–Crippen MR) is 69.4 cm³/mol. The lowest BCUT2D eigenvalue weighted by Crippen LogP contribution is -1.88. The van der Waals surface area contributed by atoms with E-state index in [4.69, 9.17) is 4.74 Å². The van der Waals surface area contributed by atoms with Crippen LogP contribution in [-0.4, -0.2) is 6.40 Å². The third-order valence-corrected chi connectivity index (χ3v) is 2.65. The Labute approximate surface area is 103 Å². The maximum absolute atomic E-state index is 5.35. The quantitative estimate of drug-likeness (QED) is 0.608. The highest BCUT2D eigenvalue weighted by Gasteiger charge is 1.93. The van der Waals surface area contributed by atoms with Gasteiger partial charge in [-0.25, -0.2) is 4.99 Å². The summed E-state index contributed by atoms with van der Waals surface area (Å²) in [4.78, 5) is 4.21. The van der Waals surface area contributed by atoms with Gasteiger partial charge in [-0.05, 0) is 40.2 Å². The molecule has 2 aromatic rings. The molecule has 0 amide bonds. The van der Waals surface area contributed by atoms with Crippen LogP contribution in [0.4, 0.5) is 5.69 Å². The predicted octanol–water partition coefficient (Wildman–Crippen LogP) is 4.19. The Bertz CT molecular complexity index is 482. The fourth-order valence-corrected chi connectivity index (χ4v) is 1.59. The second-order valence-corrected chi connectivity index (χ2v) is 3.97. The van der Waals surface area contributed by atoms with Crippen molar-refractivity contribution >= 4 is 28.0 Å².